The number of aliphatic carboxylic acids is 1. The van der Waals surface area contributed by atoms with E-state index in [1.807, 2.05) is 30.3 Å². The normalized spacial score (nSPS) is 13.3. The SMILES string of the molecule is COCC(C)(NC(=O)c1cc(-c2ccccc2)nc2c1c(C)nn2C)C(=O)O. The summed E-state index contributed by atoms with van der Waals surface area (Å²) < 4.78 is 6.60. The fraction of sp³-hybridized carbons (Fsp3) is 0.300. The lowest BCUT2D eigenvalue weighted by molar-refractivity contribution is -0.145. The Morgan fingerprint density at radius 1 is 1.29 bits per heavy atom. The van der Waals surface area contributed by atoms with Crippen molar-refractivity contribution in [1.82, 2.24) is 20.1 Å². The molecule has 1 unspecified atom stereocenters. The summed E-state index contributed by atoms with van der Waals surface area (Å²) in [6.07, 6.45) is 0. The summed E-state index contributed by atoms with van der Waals surface area (Å²) >= 11 is 0. The van der Waals surface area contributed by atoms with Crippen LogP contribution < -0.4 is 5.32 Å². The third-order valence-electron chi connectivity index (χ3n) is 4.58. The number of nitrogens with zero attached hydrogens (tertiary/aromatic N) is 3. The van der Waals surface area contributed by atoms with Gasteiger partial charge in [-0.3, -0.25) is 9.48 Å². The van der Waals surface area contributed by atoms with Gasteiger partial charge in [-0.1, -0.05) is 30.3 Å². The third-order valence-corrected chi connectivity index (χ3v) is 4.58. The van der Waals surface area contributed by atoms with Gasteiger partial charge in [0.1, 0.15) is 0 Å². The van der Waals surface area contributed by atoms with Gasteiger partial charge in [0, 0.05) is 19.7 Å². The number of nitrogens with one attached hydrogen (secondary N) is 1. The molecule has 1 aromatic carbocycles. The molecule has 0 spiro atoms. The number of carbonyl (C=O) groups excluding carboxylic acids is 1. The van der Waals surface area contributed by atoms with Crippen LogP contribution in [0, 0.1) is 6.92 Å². The average Bonchev–Trinajstić information content (AvgIpc) is 2.95. The second-order valence-corrected chi connectivity index (χ2v) is 6.85. The molecule has 28 heavy (non-hydrogen) atoms. The maximum absolute atomic E-state index is 13.1. The van der Waals surface area contributed by atoms with Crippen LogP contribution in [0.3, 0.4) is 0 Å². The van der Waals surface area contributed by atoms with Gasteiger partial charge in [0.2, 0.25) is 0 Å². The van der Waals surface area contributed by atoms with Crippen LogP contribution in [0.25, 0.3) is 22.3 Å². The molecule has 3 rings (SSSR count). The average molecular weight is 382 g/mol. The molecule has 0 aliphatic heterocycles. The molecule has 1 amide bonds. The molecular formula is C20H22N4O4. The first-order chi connectivity index (χ1) is 13.3. The Labute approximate surface area is 162 Å². The molecule has 0 radical (unpaired) electrons. The summed E-state index contributed by atoms with van der Waals surface area (Å²) in [7, 11) is 3.14. The van der Waals surface area contributed by atoms with E-state index in [0.29, 0.717) is 28.0 Å². The number of carboxylic acids is 1. The lowest BCUT2D eigenvalue weighted by atomic mass is 10.0. The van der Waals surface area contributed by atoms with Gasteiger partial charge in [-0.15, -0.1) is 0 Å². The highest BCUT2D eigenvalue weighted by Crippen LogP contribution is 2.27. The van der Waals surface area contributed by atoms with Crippen molar-refractivity contribution in [2.75, 3.05) is 13.7 Å². The number of aryl methyl sites for hydroxylation is 2. The Morgan fingerprint density at radius 2 is 1.96 bits per heavy atom. The van der Waals surface area contributed by atoms with Gasteiger partial charge >= 0.3 is 5.97 Å². The lowest BCUT2D eigenvalue weighted by Gasteiger charge is -2.25. The van der Waals surface area contributed by atoms with Gasteiger partial charge in [-0.05, 0) is 19.9 Å². The van der Waals surface area contributed by atoms with Gasteiger partial charge in [0.05, 0.1) is 28.9 Å². The van der Waals surface area contributed by atoms with Crippen molar-refractivity contribution in [1.29, 1.82) is 0 Å². The van der Waals surface area contributed by atoms with E-state index in [0.717, 1.165) is 5.56 Å². The molecule has 8 heteroatoms. The Bertz CT molecular complexity index is 1050. The number of amides is 1. The number of pyridine rings is 1. The van der Waals surface area contributed by atoms with E-state index in [4.69, 9.17) is 4.74 Å². The topological polar surface area (TPSA) is 106 Å². The molecule has 0 saturated carbocycles. The molecule has 2 heterocycles. The van der Waals surface area contributed by atoms with Gasteiger partial charge in [-0.25, -0.2) is 9.78 Å². The van der Waals surface area contributed by atoms with Crippen molar-refractivity contribution < 1.29 is 19.4 Å². The fourth-order valence-electron chi connectivity index (χ4n) is 3.14. The quantitative estimate of drug-likeness (QED) is 0.677. The summed E-state index contributed by atoms with van der Waals surface area (Å²) in [6, 6.07) is 11.1. The van der Waals surface area contributed by atoms with E-state index in [1.54, 1.807) is 24.7 Å². The van der Waals surface area contributed by atoms with E-state index >= 15 is 0 Å². The molecule has 1 atom stereocenters. The number of rotatable bonds is 6. The van der Waals surface area contributed by atoms with Crippen LogP contribution in [0.4, 0.5) is 0 Å². The highest BCUT2D eigenvalue weighted by Gasteiger charge is 2.36. The number of carbonyl (C=O) groups is 2. The number of carboxylic acid groups (broad SMARTS) is 1. The second kappa shape index (κ2) is 7.40. The van der Waals surface area contributed by atoms with Gasteiger partial charge in [0.25, 0.3) is 5.91 Å². The molecule has 3 aromatic rings. The standard InChI is InChI=1S/C20H22N4O4/c1-12-16-14(18(25)22-20(2,11-28-4)19(26)27)10-15(13-8-6-5-7-9-13)21-17(16)24(3)23-12/h5-10H,11H2,1-4H3,(H,22,25)(H,26,27). The second-order valence-electron chi connectivity index (χ2n) is 6.85. The van der Waals surface area contributed by atoms with Crippen LogP contribution in [-0.4, -0.2) is 51.0 Å². The summed E-state index contributed by atoms with van der Waals surface area (Å²) in [4.78, 5) is 29.4. The number of aromatic nitrogens is 3. The minimum atomic E-state index is -1.57. The van der Waals surface area contributed by atoms with Crippen LogP contribution >= 0.6 is 0 Å². The molecule has 0 bridgehead atoms. The van der Waals surface area contributed by atoms with Crippen molar-refractivity contribution in [3.05, 3.63) is 47.7 Å². The number of fused-ring (bicyclic) bond motifs is 1. The van der Waals surface area contributed by atoms with Crippen molar-refractivity contribution >= 4 is 22.9 Å². The number of hydrogen-bond acceptors (Lipinski definition) is 5. The van der Waals surface area contributed by atoms with Crippen molar-refractivity contribution in [3.63, 3.8) is 0 Å². The molecule has 0 aliphatic rings. The van der Waals surface area contributed by atoms with Gasteiger partial charge < -0.3 is 15.2 Å². The Kier molecular flexibility index (Phi) is 5.15. The molecule has 146 valence electrons. The van der Waals surface area contributed by atoms with Crippen LogP contribution in [0.1, 0.15) is 23.0 Å². The zero-order valence-electron chi connectivity index (χ0n) is 16.2. The number of ether oxygens (including phenoxy) is 1. The molecule has 0 saturated heterocycles. The van der Waals surface area contributed by atoms with E-state index in [1.165, 1.54) is 14.0 Å². The van der Waals surface area contributed by atoms with Crippen LogP contribution in [0.2, 0.25) is 0 Å². The molecule has 0 fully saturated rings. The predicted octanol–water partition coefficient (Wildman–Crippen LogP) is 2.16. The van der Waals surface area contributed by atoms with E-state index in [9.17, 15) is 14.7 Å². The minimum Gasteiger partial charge on any atom is -0.479 e. The lowest BCUT2D eigenvalue weighted by Crippen LogP contribution is -2.55. The van der Waals surface area contributed by atoms with Crippen molar-refractivity contribution in [2.24, 2.45) is 7.05 Å². The van der Waals surface area contributed by atoms with E-state index in [-0.39, 0.29) is 6.61 Å². The minimum absolute atomic E-state index is 0.167. The first kappa shape index (κ1) is 19.5. The van der Waals surface area contributed by atoms with Crippen molar-refractivity contribution in [2.45, 2.75) is 19.4 Å². The summed E-state index contributed by atoms with van der Waals surface area (Å²) in [6.45, 7) is 3.03. The molecule has 0 aliphatic carbocycles. The van der Waals surface area contributed by atoms with Crippen LogP contribution in [0.5, 0.6) is 0 Å². The zero-order chi connectivity index (χ0) is 20.5. The van der Waals surface area contributed by atoms with E-state index < -0.39 is 17.4 Å². The van der Waals surface area contributed by atoms with Gasteiger partial charge in [-0.2, -0.15) is 5.10 Å². The number of methoxy groups -OCH3 is 1. The summed E-state index contributed by atoms with van der Waals surface area (Å²) in [5.74, 6) is -1.71. The Balaban J connectivity index is 2.16. The molecular weight excluding hydrogens is 360 g/mol. The molecule has 2 aromatic heterocycles. The maximum atomic E-state index is 13.1. The molecule has 2 N–H and O–H groups in total. The van der Waals surface area contributed by atoms with Gasteiger partial charge in [0.15, 0.2) is 11.2 Å². The predicted molar refractivity (Wildman–Crippen MR) is 104 cm³/mol. The number of hydrogen-bond donors (Lipinski definition) is 2. The highest BCUT2D eigenvalue weighted by molar-refractivity contribution is 6.08. The summed E-state index contributed by atoms with van der Waals surface area (Å²) in [5.41, 5.74) is 1.38. The number of benzene rings is 1. The maximum Gasteiger partial charge on any atom is 0.331 e. The first-order valence-corrected chi connectivity index (χ1v) is 8.71. The van der Waals surface area contributed by atoms with E-state index in [2.05, 4.69) is 15.4 Å². The van der Waals surface area contributed by atoms with Crippen LogP contribution in [-0.2, 0) is 16.6 Å². The Morgan fingerprint density at radius 3 is 2.57 bits per heavy atom. The Hall–Kier alpha value is -3.26. The van der Waals surface area contributed by atoms with Crippen molar-refractivity contribution in [3.8, 4) is 11.3 Å². The summed E-state index contributed by atoms with van der Waals surface area (Å²) in [5, 5.41) is 17.1. The van der Waals surface area contributed by atoms with Crippen LogP contribution in [0.15, 0.2) is 36.4 Å². The third kappa shape index (κ3) is 3.46. The fourth-order valence-corrected chi connectivity index (χ4v) is 3.14. The monoisotopic (exact) mass is 382 g/mol. The molecule has 8 nitrogen and oxygen atoms in total. The zero-order valence-corrected chi connectivity index (χ0v) is 16.2. The first-order valence-electron chi connectivity index (χ1n) is 8.71. The smallest absolute Gasteiger partial charge is 0.331 e. The largest absolute Gasteiger partial charge is 0.479 e. The highest BCUT2D eigenvalue weighted by atomic mass is 16.5.